The lowest BCUT2D eigenvalue weighted by molar-refractivity contribution is 0.113. The van der Waals surface area contributed by atoms with E-state index in [4.69, 9.17) is 4.74 Å². The van der Waals surface area contributed by atoms with Crippen molar-refractivity contribution < 1.29 is 4.74 Å². The molecule has 0 saturated heterocycles. The minimum absolute atomic E-state index is 0.330. The molecule has 0 amide bonds. The molecule has 0 radical (unpaired) electrons. The highest BCUT2D eigenvalue weighted by Crippen LogP contribution is 2.00. The number of ether oxygens (including phenoxy) is 1. The monoisotopic (exact) mass is 173 g/mol. The van der Waals surface area contributed by atoms with E-state index in [9.17, 15) is 0 Å². The van der Waals surface area contributed by atoms with Crippen LogP contribution in [0, 0.1) is 0 Å². The van der Waals surface area contributed by atoms with Gasteiger partial charge in [-0.3, -0.25) is 0 Å². The molecule has 2 atom stereocenters. The molecule has 1 N–H and O–H groups in total. The summed E-state index contributed by atoms with van der Waals surface area (Å²) in [5, 5.41) is 3.50. The fraction of sp³-hybridized carbons (Fsp3) is 1.00. The van der Waals surface area contributed by atoms with Gasteiger partial charge in [-0.05, 0) is 19.8 Å². The van der Waals surface area contributed by atoms with Crippen molar-refractivity contribution in [2.75, 3.05) is 13.7 Å². The number of hydrogen-bond acceptors (Lipinski definition) is 2. The number of rotatable bonds is 7. The Bertz CT molecular complexity index is 95.8. The molecule has 74 valence electrons. The Morgan fingerprint density at radius 2 is 2.00 bits per heavy atom. The van der Waals surface area contributed by atoms with Crippen LogP contribution in [0.5, 0.6) is 0 Å². The van der Waals surface area contributed by atoms with Crippen molar-refractivity contribution >= 4 is 0 Å². The van der Waals surface area contributed by atoms with Crippen LogP contribution in [0.15, 0.2) is 0 Å². The number of hydrogen-bond donors (Lipinski definition) is 1. The molecule has 2 unspecified atom stereocenters. The molecule has 2 nitrogen and oxygen atoms in total. The van der Waals surface area contributed by atoms with Gasteiger partial charge in [0.1, 0.15) is 0 Å². The van der Waals surface area contributed by atoms with Gasteiger partial charge in [0, 0.05) is 19.7 Å². The molecular weight excluding hydrogens is 150 g/mol. The van der Waals surface area contributed by atoms with E-state index < -0.39 is 0 Å². The smallest absolute Gasteiger partial charge is 0.0667 e. The summed E-state index contributed by atoms with van der Waals surface area (Å²) in [6.07, 6.45) is 4.07. The quantitative estimate of drug-likeness (QED) is 0.637. The fourth-order valence-corrected chi connectivity index (χ4v) is 1.21. The maximum atomic E-state index is 5.16. The predicted molar refractivity (Wildman–Crippen MR) is 53.5 cm³/mol. The van der Waals surface area contributed by atoms with Gasteiger partial charge < -0.3 is 10.1 Å². The van der Waals surface area contributed by atoms with Crippen LogP contribution in [0.25, 0.3) is 0 Å². The van der Waals surface area contributed by atoms with Gasteiger partial charge in [-0.15, -0.1) is 0 Å². The zero-order valence-electron chi connectivity index (χ0n) is 8.89. The van der Waals surface area contributed by atoms with E-state index >= 15 is 0 Å². The zero-order valence-corrected chi connectivity index (χ0v) is 8.89. The first-order chi connectivity index (χ1) is 5.74. The van der Waals surface area contributed by atoms with Crippen molar-refractivity contribution in [3.63, 3.8) is 0 Å². The standard InChI is InChI=1S/C10H23NO/c1-5-7-10(6-2)11-8-9(3)12-4/h9-11H,5-8H2,1-4H3. The Labute approximate surface area is 76.7 Å². The molecule has 0 aromatic rings. The normalized spacial score (nSPS) is 16.0. The second-order valence-electron chi connectivity index (χ2n) is 3.35. The molecule has 2 heteroatoms. The summed E-state index contributed by atoms with van der Waals surface area (Å²) >= 11 is 0. The van der Waals surface area contributed by atoms with E-state index in [2.05, 4.69) is 26.1 Å². The van der Waals surface area contributed by atoms with E-state index in [-0.39, 0.29) is 0 Å². The van der Waals surface area contributed by atoms with Crippen molar-refractivity contribution in [3.05, 3.63) is 0 Å². The highest BCUT2D eigenvalue weighted by atomic mass is 16.5. The highest BCUT2D eigenvalue weighted by molar-refractivity contribution is 4.65. The molecular formula is C10H23NO. The van der Waals surface area contributed by atoms with E-state index in [1.54, 1.807) is 7.11 Å². The van der Waals surface area contributed by atoms with Crippen molar-refractivity contribution in [2.45, 2.75) is 52.2 Å². The van der Waals surface area contributed by atoms with Crippen LogP contribution in [-0.4, -0.2) is 25.8 Å². The molecule has 0 aromatic heterocycles. The lowest BCUT2D eigenvalue weighted by atomic mass is 10.1. The molecule has 0 aliphatic heterocycles. The molecule has 0 aliphatic carbocycles. The third-order valence-electron chi connectivity index (χ3n) is 2.23. The summed E-state index contributed by atoms with van der Waals surface area (Å²) in [6.45, 7) is 7.51. The fourth-order valence-electron chi connectivity index (χ4n) is 1.21. The summed E-state index contributed by atoms with van der Waals surface area (Å²) in [4.78, 5) is 0. The first kappa shape index (κ1) is 11.9. The molecule has 0 fully saturated rings. The molecule has 0 heterocycles. The SMILES string of the molecule is CCCC(CC)NCC(C)OC. The van der Waals surface area contributed by atoms with E-state index in [1.165, 1.54) is 19.3 Å². The number of nitrogens with one attached hydrogen (secondary N) is 1. The molecule has 0 spiro atoms. The van der Waals surface area contributed by atoms with E-state index in [1.807, 2.05) is 0 Å². The van der Waals surface area contributed by atoms with E-state index in [0.717, 1.165) is 6.54 Å². The largest absolute Gasteiger partial charge is 0.380 e. The lowest BCUT2D eigenvalue weighted by Gasteiger charge is -2.18. The maximum absolute atomic E-state index is 5.16. The van der Waals surface area contributed by atoms with Crippen LogP contribution < -0.4 is 5.32 Å². The summed E-state index contributed by atoms with van der Waals surface area (Å²) in [5.74, 6) is 0. The van der Waals surface area contributed by atoms with Gasteiger partial charge in [0.2, 0.25) is 0 Å². The Kier molecular flexibility index (Phi) is 7.51. The summed E-state index contributed by atoms with van der Waals surface area (Å²) in [6, 6.07) is 0.674. The van der Waals surface area contributed by atoms with Crippen molar-refractivity contribution in [3.8, 4) is 0 Å². The van der Waals surface area contributed by atoms with Gasteiger partial charge in [-0.1, -0.05) is 20.3 Å². The molecule has 0 aromatic carbocycles. The van der Waals surface area contributed by atoms with Crippen LogP contribution in [0.4, 0.5) is 0 Å². The van der Waals surface area contributed by atoms with Crippen LogP contribution in [0.3, 0.4) is 0 Å². The minimum Gasteiger partial charge on any atom is -0.380 e. The van der Waals surface area contributed by atoms with Crippen molar-refractivity contribution in [1.29, 1.82) is 0 Å². The summed E-state index contributed by atoms with van der Waals surface area (Å²) < 4.78 is 5.16. The van der Waals surface area contributed by atoms with Crippen LogP contribution >= 0.6 is 0 Å². The predicted octanol–water partition coefficient (Wildman–Crippen LogP) is 2.19. The first-order valence-corrected chi connectivity index (χ1v) is 5.00. The minimum atomic E-state index is 0.330. The molecule has 0 saturated carbocycles. The van der Waals surface area contributed by atoms with Crippen molar-refractivity contribution in [1.82, 2.24) is 5.32 Å². The van der Waals surface area contributed by atoms with Gasteiger partial charge >= 0.3 is 0 Å². The second kappa shape index (κ2) is 7.56. The molecule has 0 bridgehead atoms. The Morgan fingerprint density at radius 1 is 1.33 bits per heavy atom. The van der Waals surface area contributed by atoms with Crippen LogP contribution in [-0.2, 0) is 4.74 Å². The van der Waals surface area contributed by atoms with Gasteiger partial charge in [0.15, 0.2) is 0 Å². The lowest BCUT2D eigenvalue weighted by Crippen LogP contribution is -2.34. The Hall–Kier alpha value is -0.0800. The molecule has 12 heavy (non-hydrogen) atoms. The maximum Gasteiger partial charge on any atom is 0.0667 e. The van der Waals surface area contributed by atoms with Crippen molar-refractivity contribution in [2.24, 2.45) is 0 Å². The summed E-state index contributed by atoms with van der Waals surface area (Å²) in [5.41, 5.74) is 0. The van der Waals surface area contributed by atoms with Gasteiger partial charge in [0.05, 0.1) is 6.10 Å². The first-order valence-electron chi connectivity index (χ1n) is 5.00. The second-order valence-corrected chi connectivity index (χ2v) is 3.35. The van der Waals surface area contributed by atoms with Gasteiger partial charge in [-0.2, -0.15) is 0 Å². The average Bonchev–Trinajstić information content (AvgIpc) is 2.11. The third-order valence-corrected chi connectivity index (χ3v) is 2.23. The Morgan fingerprint density at radius 3 is 2.42 bits per heavy atom. The van der Waals surface area contributed by atoms with Gasteiger partial charge in [-0.25, -0.2) is 0 Å². The highest BCUT2D eigenvalue weighted by Gasteiger charge is 2.05. The molecule has 0 rings (SSSR count). The van der Waals surface area contributed by atoms with Crippen LogP contribution in [0.2, 0.25) is 0 Å². The topological polar surface area (TPSA) is 21.3 Å². The zero-order chi connectivity index (χ0) is 9.40. The third kappa shape index (κ3) is 5.56. The van der Waals surface area contributed by atoms with Crippen LogP contribution in [0.1, 0.15) is 40.0 Å². The summed E-state index contributed by atoms with van der Waals surface area (Å²) in [7, 11) is 1.76. The van der Waals surface area contributed by atoms with E-state index in [0.29, 0.717) is 12.1 Å². The number of methoxy groups -OCH3 is 1. The van der Waals surface area contributed by atoms with Gasteiger partial charge in [0.25, 0.3) is 0 Å². The Balaban J connectivity index is 3.43. The average molecular weight is 173 g/mol. The molecule has 0 aliphatic rings.